The Morgan fingerprint density at radius 1 is 1.04 bits per heavy atom. The fourth-order valence-electron chi connectivity index (χ4n) is 2.85. The van der Waals surface area contributed by atoms with Crippen LogP contribution in [0.15, 0.2) is 23.3 Å². The van der Waals surface area contributed by atoms with E-state index < -0.39 is 0 Å². The number of hydrazone groups is 1. The number of rotatable bonds is 7. The molecule has 2 amide bonds. The van der Waals surface area contributed by atoms with Crippen LogP contribution in [0.1, 0.15) is 49.7 Å². The second kappa shape index (κ2) is 7.16. The van der Waals surface area contributed by atoms with Gasteiger partial charge in [0.2, 0.25) is 11.8 Å². The molecule has 0 saturated heterocycles. The molecule has 2 aliphatic rings. The first kappa shape index (κ1) is 16.7. The van der Waals surface area contributed by atoms with E-state index in [-0.39, 0.29) is 24.7 Å². The maximum Gasteiger partial charge on any atom is 0.240 e. The van der Waals surface area contributed by atoms with E-state index in [1.165, 1.54) is 31.4 Å². The Kier molecular flexibility index (Phi) is 4.97. The lowest BCUT2D eigenvalue weighted by Gasteiger charge is -2.09. The first-order valence-electron chi connectivity index (χ1n) is 8.76. The van der Waals surface area contributed by atoms with Crippen molar-refractivity contribution in [2.75, 3.05) is 5.32 Å². The van der Waals surface area contributed by atoms with Crippen LogP contribution in [0.2, 0.25) is 0 Å². The summed E-state index contributed by atoms with van der Waals surface area (Å²) < 4.78 is 0. The fraction of sp³-hybridized carbons (Fsp3) is 0.526. The number of carbonyl (C=O) groups excluding carboxylic acids is 2. The molecular formula is C19H25N3O2. The van der Waals surface area contributed by atoms with E-state index in [2.05, 4.69) is 15.8 Å². The molecule has 2 fully saturated rings. The number of carbonyl (C=O) groups is 2. The molecule has 0 aromatic heterocycles. The quantitative estimate of drug-likeness (QED) is 0.596. The van der Waals surface area contributed by atoms with Crippen LogP contribution in [-0.2, 0) is 9.59 Å². The van der Waals surface area contributed by atoms with E-state index in [9.17, 15) is 9.59 Å². The van der Waals surface area contributed by atoms with Gasteiger partial charge < -0.3 is 5.32 Å². The van der Waals surface area contributed by atoms with E-state index in [1.807, 2.05) is 32.0 Å². The zero-order valence-corrected chi connectivity index (χ0v) is 14.4. The van der Waals surface area contributed by atoms with E-state index in [0.29, 0.717) is 11.8 Å². The molecule has 0 atom stereocenters. The highest BCUT2D eigenvalue weighted by Gasteiger charge is 2.38. The van der Waals surface area contributed by atoms with Gasteiger partial charge in [-0.15, -0.1) is 0 Å². The Bertz CT molecular complexity index is 659. The first-order chi connectivity index (χ1) is 11.5. The largest absolute Gasteiger partial charge is 0.326 e. The van der Waals surface area contributed by atoms with Crippen molar-refractivity contribution in [3.63, 3.8) is 0 Å². The molecule has 2 aliphatic carbocycles. The van der Waals surface area contributed by atoms with E-state index in [4.69, 9.17) is 0 Å². The van der Waals surface area contributed by atoms with Crippen LogP contribution >= 0.6 is 0 Å². The van der Waals surface area contributed by atoms with Crippen molar-refractivity contribution in [3.8, 4) is 0 Å². The van der Waals surface area contributed by atoms with Crippen LogP contribution in [0.4, 0.5) is 5.69 Å². The summed E-state index contributed by atoms with van der Waals surface area (Å²) in [6.45, 7) is 3.97. The Morgan fingerprint density at radius 3 is 2.25 bits per heavy atom. The van der Waals surface area contributed by atoms with Crippen molar-refractivity contribution in [1.82, 2.24) is 5.43 Å². The van der Waals surface area contributed by atoms with Crippen LogP contribution < -0.4 is 10.7 Å². The molecule has 128 valence electrons. The lowest BCUT2D eigenvalue weighted by Crippen LogP contribution is -2.23. The minimum Gasteiger partial charge on any atom is -0.326 e. The topological polar surface area (TPSA) is 70.6 Å². The molecule has 0 radical (unpaired) electrons. The Hall–Kier alpha value is -2.17. The summed E-state index contributed by atoms with van der Waals surface area (Å²) in [4.78, 5) is 23.9. The average Bonchev–Trinajstić information content (AvgIpc) is 3.42. The predicted octanol–water partition coefficient (Wildman–Crippen LogP) is 3.31. The zero-order valence-electron chi connectivity index (χ0n) is 14.4. The number of nitrogens with zero attached hydrogens (tertiary/aromatic N) is 1. The lowest BCUT2D eigenvalue weighted by molar-refractivity contribution is -0.124. The zero-order chi connectivity index (χ0) is 17.1. The molecule has 0 aliphatic heterocycles. The number of anilines is 1. The van der Waals surface area contributed by atoms with Gasteiger partial charge in [-0.1, -0.05) is 17.7 Å². The SMILES string of the molecule is Cc1ccc(NC(=O)CCC(=O)NN=C(C2CC2)C2CC2)c(C)c1. The minimum absolute atomic E-state index is 0.148. The smallest absolute Gasteiger partial charge is 0.240 e. The molecule has 1 aromatic rings. The van der Waals surface area contributed by atoms with Gasteiger partial charge in [0.05, 0.1) is 0 Å². The highest BCUT2D eigenvalue weighted by atomic mass is 16.2. The normalized spacial score (nSPS) is 16.4. The van der Waals surface area contributed by atoms with E-state index in [0.717, 1.165) is 16.8 Å². The summed E-state index contributed by atoms with van der Waals surface area (Å²) in [7, 11) is 0. The third-order valence-electron chi connectivity index (χ3n) is 4.54. The average molecular weight is 327 g/mol. The minimum atomic E-state index is -0.190. The number of nitrogens with one attached hydrogen (secondary N) is 2. The molecule has 24 heavy (non-hydrogen) atoms. The van der Waals surface area contributed by atoms with Gasteiger partial charge in [0.15, 0.2) is 0 Å². The van der Waals surface area contributed by atoms with Crippen molar-refractivity contribution in [2.45, 2.75) is 52.4 Å². The van der Waals surface area contributed by atoms with Crippen molar-refractivity contribution < 1.29 is 9.59 Å². The number of aryl methyl sites for hydroxylation is 2. The van der Waals surface area contributed by atoms with Gasteiger partial charge >= 0.3 is 0 Å². The third-order valence-corrected chi connectivity index (χ3v) is 4.54. The van der Waals surface area contributed by atoms with Gasteiger partial charge in [0, 0.05) is 24.2 Å². The number of hydrogen-bond donors (Lipinski definition) is 2. The molecule has 2 N–H and O–H groups in total. The number of amides is 2. The molecule has 1 aromatic carbocycles. The number of hydrogen-bond acceptors (Lipinski definition) is 3. The second-order valence-electron chi connectivity index (χ2n) is 6.99. The molecule has 0 heterocycles. The van der Waals surface area contributed by atoms with Gasteiger partial charge in [0.25, 0.3) is 0 Å². The summed E-state index contributed by atoms with van der Waals surface area (Å²) in [5, 5.41) is 7.18. The van der Waals surface area contributed by atoms with E-state index >= 15 is 0 Å². The standard InChI is InChI=1S/C19H25N3O2/c1-12-3-8-16(13(2)11-12)20-17(23)9-10-18(24)21-22-19(14-4-5-14)15-6-7-15/h3,8,11,14-15H,4-7,9-10H2,1-2H3,(H,20,23)(H,21,24). The third kappa shape index (κ3) is 4.66. The molecule has 0 bridgehead atoms. The van der Waals surface area contributed by atoms with Crippen molar-refractivity contribution >= 4 is 23.2 Å². The van der Waals surface area contributed by atoms with Gasteiger partial charge in [-0.25, -0.2) is 5.43 Å². The van der Waals surface area contributed by atoms with E-state index in [1.54, 1.807) is 0 Å². The van der Waals surface area contributed by atoms with Crippen LogP contribution in [0.5, 0.6) is 0 Å². The molecular weight excluding hydrogens is 302 g/mol. The maximum absolute atomic E-state index is 12.0. The van der Waals surface area contributed by atoms with Crippen molar-refractivity contribution in [3.05, 3.63) is 29.3 Å². The monoisotopic (exact) mass is 327 g/mol. The Morgan fingerprint density at radius 2 is 1.67 bits per heavy atom. The highest BCUT2D eigenvalue weighted by Crippen LogP contribution is 2.41. The summed E-state index contributed by atoms with van der Waals surface area (Å²) in [6, 6.07) is 5.88. The van der Waals surface area contributed by atoms with Crippen LogP contribution in [-0.4, -0.2) is 17.5 Å². The summed E-state index contributed by atoms with van der Waals surface area (Å²) in [6.07, 6.45) is 5.11. The van der Waals surface area contributed by atoms with Gasteiger partial charge in [-0.2, -0.15) is 5.10 Å². The van der Waals surface area contributed by atoms with Crippen molar-refractivity contribution in [1.29, 1.82) is 0 Å². The number of benzene rings is 1. The Labute approximate surface area is 142 Å². The van der Waals surface area contributed by atoms with Crippen LogP contribution in [0.3, 0.4) is 0 Å². The maximum atomic E-state index is 12.0. The Balaban J connectivity index is 1.43. The lowest BCUT2D eigenvalue weighted by atomic mass is 10.1. The highest BCUT2D eigenvalue weighted by molar-refractivity contribution is 5.95. The van der Waals surface area contributed by atoms with Gasteiger partial charge in [-0.3, -0.25) is 9.59 Å². The van der Waals surface area contributed by atoms with Crippen molar-refractivity contribution in [2.24, 2.45) is 16.9 Å². The second-order valence-corrected chi connectivity index (χ2v) is 6.99. The molecule has 2 saturated carbocycles. The first-order valence-corrected chi connectivity index (χ1v) is 8.76. The van der Waals surface area contributed by atoms with Gasteiger partial charge in [-0.05, 0) is 63.0 Å². The summed E-state index contributed by atoms with van der Waals surface area (Å²) in [5.74, 6) is 0.839. The van der Waals surface area contributed by atoms with Crippen LogP contribution in [0.25, 0.3) is 0 Å². The molecule has 5 nitrogen and oxygen atoms in total. The predicted molar refractivity (Wildman–Crippen MR) is 94.8 cm³/mol. The molecule has 0 spiro atoms. The summed E-state index contributed by atoms with van der Waals surface area (Å²) in [5.41, 5.74) is 6.78. The van der Waals surface area contributed by atoms with Gasteiger partial charge in [0.1, 0.15) is 0 Å². The van der Waals surface area contributed by atoms with Crippen LogP contribution in [0, 0.1) is 25.7 Å². The molecule has 3 rings (SSSR count). The molecule has 5 heteroatoms. The fourth-order valence-corrected chi connectivity index (χ4v) is 2.85. The molecule has 0 unspecified atom stereocenters. The summed E-state index contributed by atoms with van der Waals surface area (Å²) >= 11 is 0.